The van der Waals surface area contributed by atoms with Gasteiger partial charge < -0.3 is 14.8 Å². The van der Waals surface area contributed by atoms with Gasteiger partial charge in [0, 0.05) is 18.9 Å². The number of likely N-dealkylation sites (N-methyl/N-ethyl adjacent to an activating group) is 1. The summed E-state index contributed by atoms with van der Waals surface area (Å²) in [7, 11) is 2.00. The molecule has 0 aromatic rings. The third-order valence-corrected chi connectivity index (χ3v) is 11.6. The fourth-order valence-corrected chi connectivity index (χ4v) is 7.67. The molecule has 326 valence electrons. The van der Waals surface area contributed by atoms with Crippen molar-refractivity contribution in [1.29, 1.82) is 0 Å². The fraction of sp³-hybridized carbons (Fsp3) is 0.938. The predicted octanol–water partition coefficient (Wildman–Crippen LogP) is 13.3. The molecule has 0 aliphatic heterocycles. The van der Waals surface area contributed by atoms with E-state index in [4.69, 9.17) is 9.47 Å². The van der Waals surface area contributed by atoms with Crippen LogP contribution < -0.4 is 5.32 Å². The lowest BCUT2D eigenvalue weighted by molar-refractivity contribution is -0.145. The molecule has 0 rings (SSSR count). The summed E-state index contributed by atoms with van der Waals surface area (Å²) in [5.74, 6) is 1.52. The molecule has 0 bridgehead atoms. The number of carbonyl (C=O) groups excluding carboxylic acids is 3. The standard InChI is InChI=1S/C48H94N2O5/c1-7-12-30-43(31-13-8-2)38-40-54-47(52)36-28-24-20-16-18-22-26-34-45(49-46(51)42-50(6)11-5)35-27-23-19-17-21-25-29-37-48(53)55-41-39-44(32-14-9-3)33-15-10-4/h43-45H,7-42H2,1-6H3,(H,49,51). The van der Waals surface area contributed by atoms with Gasteiger partial charge in [-0.3, -0.25) is 19.3 Å². The molecule has 0 saturated heterocycles. The highest BCUT2D eigenvalue weighted by molar-refractivity contribution is 5.78. The number of carbonyl (C=O) groups is 3. The normalized spacial score (nSPS) is 11.7. The molecule has 0 aliphatic carbocycles. The average Bonchev–Trinajstić information content (AvgIpc) is 3.17. The van der Waals surface area contributed by atoms with Crippen molar-refractivity contribution >= 4 is 17.8 Å². The first-order chi connectivity index (χ1) is 26.8. The summed E-state index contributed by atoms with van der Waals surface area (Å²) in [5.41, 5.74) is 0. The predicted molar refractivity (Wildman–Crippen MR) is 234 cm³/mol. The second kappa shape index (κ2) is 40.6. The Kier molecular flexibility index (Phi) is 39.4. The molecule has 0 spiro atoms. The Hall–Kier alpha value is -1.63. The van der Waals surface area contributed by atoms with Gasteiger partial charge in [0.2, 0.25) is 5.91 Å². The summed E-state index contributed by atoms with van der Waals surface area (Å²) in [4.78, 5) is 39.2. The van der Waals surface area contributed by atoms with Gasteiger partial charge in [0.05, 0.1) is 19.8 Å². The molecule has 1 N–H and O–H groups in total. The number of rotatable bonds is 42. The SMILES string of the molecule is CCCCC(CCCC)CCOC(=O)CCCCCCCCCC(CCCCCCCCCC(=O)OCCC(CCCC)CCCC)NC(=O)CN(C)CC. The molecule has 0 heterocycles. The number of esters is 2. The smallest absolute Gasteiger partial charge is 0.305 e. The van der Waals surface area contributed by atoms with Gasteiger partial charge in [0.1, 0.15) is 0 Å². The highest BCUT2D eigenvalue weighted by atomic mass is 16.5. The summed E-state index contributed by atoms with van der Waals surface area (Å²) >= 11 is 0. The number of unbranched alkanes of at least 4 members (excludes halogenated alkanes) is 16. The summed E-state index contributed by atoms with van der Waals surface area (Å²) in [6.45, 7) is 13.6. The van der Waals surface area contributed by atoms with E-state index >= 15 is 0 Å². The van der Waals surface area contributed by atoms with Gasteiger partial charge in [0.25, 0.3) is 0 Å². The molecular weight excluding hydrogens is 685 g/mol. The lowest BCUT2D eigenvalue weighted by Gasteiger charge is -2.21. The molecule has 7 heteroatoms. The van der Waals surface area contributed by atoms with E-state index in [1.54, 1.807) is 0 Å². The van der Waals surface area contributed by atoms with Gasteiger partial charge in [-0.15, -0.1) is 0 Å². The van der Waals surface area contributed by atoms with Crippen molar-refractivity contribution in [2.45, 2.75) is 246 Å². The van der Waals surface area contributed by atoms with Crippen molar-refractivity contribution in [1.82, 2.24) is 10.2 Å². The zero-order valence-electron chi connectivity index (χ0n) is 37.7. The molecule has 1 amide bonds. The molecule has 0 aliphatic rings. The first-order valence-corrected chi connectivity index (χ1v) is 24.1. The number of hydrogen-bond donors (Lipinski definition) is 1. The van der Waals surface area contributed by atoms with Gasteiger partial charge in [0.15, 0.2) is 0 Å². The maximum atomic E-state index is 12.7. The fourth-order valence-electron chi connectivity index (χ4n) is 7.67. The summed E-state index contributed by atoms with van der Waals surface area (Å²) < 4.78 is 11.2. The Morgan fingerprint density at radius 1 is 0.455 bits per heavy atom. The van der Waals surface area contributed by atoms with E-state index < -0.39 is 0 Å². The Labute approximate surface area is 342 Å². The Morgan fingerprint density at radius 2 is 0.800 bits per heavy atom. The maximum absolute atomic E-state index is 12.7. The van der Waals surface area contributed by atoms with Crippen molar-refractivity contribution in [3.8, 4) is 0 Å². The van der Waals surface area contributed by atoms with Crippen LogP contribution in [0.2, 0.25) is 0 Å². The van der Waals surface area contributed by atoms with Crippen LogP contribution in [0.25, 0.3) is 0 Å². The molecule has 7 nitrogen and oxygen atoms in total. The van der Waals surface area contributed by atoms with Crippen LogP contribution in [-0.2, 0) is 23.9 Å². The monoisotopic (exact) mass is 779 g/mol. The summed E-state index contributed by atoms with van der Waals surface area (Å²) in [6, 6.07) is 0.261. The van der Waals surface area contributed by atoms with Crippen LogP contribution in [0.3, 0.4) is 0 Å². The third kappa shape index (κ3) is 36.5. The topological polar surface area (TPSA) is 84.9 Å². The van der Waals surface area contributed by atoms with E-state index in [0.717, 1.165) is 70.8 Å². The summed E-state index contributed by atoms with van der Waals surface area (Å²) in [6.07, 6.45) is 36.4. The van der Waals surface area contributed by atoms with E-state index in [9.17, 15) is 14.4 Å². The van der Waals surface area contributed by atoms with Gasteiger partial charge in [-0.2, -0.15) is 0 Å². The highest BCUT2D eigenvalue weighted by Gasteiger charge is 2.14. The molecule has 0 aromatic carbocycles. The Balaban J connectivity index is 4.13. The first kappa shape index (κ1) is 53.4. The van der Waals surface area contributed by atoms with Crippen molar-refractivity contribution in [2.24, 2.45) is 11.8 Å². The van der Waals surface area contributed by atoms with Gasteiger partial charge >= 0.3 is 11.9 Å². The van der Waals surface area contributed by atoms with Crippen LogP contribution in [0.15, 0.2) is 0 Å². The van der Waals surface area contributed by atoms with Crippen LogP contribution in [0.5, 0.6) is 0 Å². The molecule has 0 atom stereocenters. The van der Waals surface area contributed by atoms with E-state index in [1.165, 1.54) is 128 Å². The molecular formula is C48H94N2O5. The number of nitrogens with zero attached hydrogens (tertiary/aromatic N) is 1. The minimum Gasteiger partial charge on any atom is -0.466 e. The summed E-state index contributed by atoms with van der Waals surface area (Å²) in [5, 5.41) is 3.35. The number of hydrogen-bond acceptors (Lipinski definition) is 6. The zero-order valence-corrected chi connectivity index (χ0v) is 37.7. The number of ether oxygens (including phenoxy) is 2. The molecule has 0 saturated carbocycles. The maximum Gasteiger partial charge on any atom is 0.305 e. The van der Waals surface area contributed by atoms with E-state index in [-0.39, 0.29) is 23.9 Å². The number of amides is 1. The number of nitrogens with one attached hydrogen (secondary N) is 1. The minimum absolute atomic E-state index is 0.0175. The Bertz CT molecular complexity index is 795. The second-order valence-electron chi connectivity index (χ2n) is 16.9. The van der Waals surface area contributed by atoms with Crippen LogP contribution >= 0.6 is 0 Å². The van der Waals surface area contributed by atoms with Gasteiger partial charge in [-0.25, -0.2) is 0 Å². The lowest BCUT2D eigenvalue weighted by Crippen LogP contribution is -2.41. The third-order valence-electron chi connectivity index (χ3n) is 11.6. The van der Waals surface area contributed by atoms with Crippen LogP contribution in [0, 0.1) is 11.8 Å². The molecule has 0 fully saturated rings. The van der Waals surface area contributed by atoms with Crippen molar-refractivity contribution in [2.75, 3.05) is 33.4 Å². The molecule has 0 aromatic heterocycles. The van der Waals surface area contributed by atoms with Gasteiger partial charge in [-0.1, -0.05) is 189 Å². The first-order valence-electron chi connectivity index (χ1n) is 24.1. The van der Waals surface area contributed by atoms with E-state index in [2.05, 4.69) is 44.8 Å². The largest absolute Gasteiger partial charge is 0.466 e. The molecule has 0 unspecified atom stereocenters. The second-order valence-corrected chi connectivity index (χ2v) is 16.9. The molecule has 0 radical (unpaired) electrons. The van der Waals surface area contributed by atoms with Crippen LogP contribution in [0.4, 0.5) is 0 Å². The quantitative estimate of drug-likeness (QED) is 0.0491. The van der Waals surface area contributed by atoms with Gasteiger partial charge in [-0.05, 0) is 64.0 Å². The lowest BCUT2D eigenvalue weighted by atomic mass is 9.93. The van der Waals surface area contributed by atoms with E-state index in [0.29, 0.717) is 44.4 Å². The van der Waals surface area contributed by atoms with Crippen molar-refractivity contribution in [3.63, 3.8) is 0 Å². The highest BCUT2D eigenvalue weighted by Crippen LogP contribution is 2.22. The van der Waals surface area contributed by atoms with Crippen molar-refractivity contribution < 1.29 is 23.9 Å². The Morgan fingerprint density at radius 3 is 1.15 bits per heavy atom. The average molecular weight is 779 g/mol. The zero-order chi connectivity index (χ0) is 40.6. The van der Waals surface area contributed by atoms with Crippen LogP contribution in [0.1, 0.15) is 240 Å². The minimum atomic E-state index is -0.0175. The van der Waals surface area contributed by atoms with Crippen LogP contribution in [-0.4, -0.2) is 62.1 Å². The van der Waals surface area contributed by atoms with Crippen molar-refractivity contribution in [3.05, 3.63) is 0 Å². The van der Waals surface area contributed by atoms with E-state index in [1.807, 2.05) is 7.05 Å². The molecule has 55 heavy (non-hydrogen) atoms.